The number of nitrogens with one attached hydrogen (secondary N) is 2. The molecule has 28 heavy (non-hydrogen) atoms. The van der Waals surface area contributed by atoms with Crippen LogP contribution in [0, 0.1) is 17.8 Å². The summed E-state index contributed by atoms with van der Waals surface area (Å²) in [5.41, 5.74) is 7.21. The van der Waals surface area contributed by atoms with Crippen LogP contribution >= 0.6 is 0 Å². The lowest BCUT2D eigenvalue weighted by molar-refractivity contribution is -0.129. The van der Waals surface area contributed by atoms with Gasteiger partial charge >= 0.3 is 0 Å². The minimum absolute atomic E-state index is 0.266. The number of carbonyl (C=O) groups excluding carboxylic acids is 1. The van der Waals surface area contributed by atoms with Crippen LogP contribution in [-0.2, 0) is 0 Å². The van der Waals surface area contributed by atoms with Crippen LogP contribution in [0.5, 0.6) is 0 Å². The quantitative estimate of drug-likeness (QED) is 0.640. The van der Waals surface area contributed by atoms with Crippen molar-refractivity contribution in [2.45, 2.75) is 43.7 Å². The molecule has 4 aliphatic rings. The van der Waals surface area contributed by atoms with E-state index in [0.717, 1.165) is 43.5 Å². The SMILES string of the molecule is NC(=O)c1cnc(Nc2ccccc2)cc1N[C@@H]1[C@@H]2CC3C[C@H]1C[C@@](O)(C3)C2. The molecule has 0 spiro atoms. The Morgan fingerprint density at radius 3 is 2.50 bits per heavy atom. The van der Waals surface area contributed by atoms with Gasteiger partial charge in [0.25, 0.3) is 5.91 Å². The van der Waals surface area contributed by atoms with Gasteiger partial charge in [-0.2, -0.15) is 0 Å². The summed E-state index contributed by atoms with van der Waals surface area (Å²) in [6, 6.07) is 11.9. The fraction of sp³-hybridized carbons (Fsp3) is 0.455. The number of hydrogen-bond donors (Lipinski definition) is 4. The van der Waals surface area contributed by atoms with Crippen molar-refractivity contribution in [3.8, 4) is 0 Å². The molecule has 1 aromatic heterocycles. The number of pyridine rings is 1. The summed E-state index contributed by atoms with van der Waals surface area (Å²) in [7, 11) is 0. The van der Waals surface area contributed by atoms with Crippen LogP contribution in [0.4, 0.5) is 17.2 Å². The molecule has 4 bridgehead atoms. The van der Waals surface area contributed by atoms with Crippen molar-refractivity contribution in [1.29, 1.82) is 0 Å². The van der Waals surface area contributed by atoms with Crippen LogP contribution in [0.25, 0.3) is 0 Å². The Balaban J connectivity index is 1.42. The zero-order chi connectivity index (χ0) is 19.3. The number of benzene rings is 1. The van der Waals surface area contributed by atoms with Gasteiger partial charge in [-0.1, -0.05) is 18.2 Å². The van der Waals surface area contributed by atoms with Crippen LogP contribution in [-0.4, -0.2) is 27.6 Å². The molecule has 6 rings (SSSR count). The van der Waals surface area contributed by atoms with Crippen LogP contribution in [0.15, 0.2) is 42.6 Å². The van der Waals surface area contributed by atoms with E-state index < -0.39 is 11.5 Å². The molecule has 4 aliphatic carbocycles. The van der Waals surface area contributed by atoms with Gasteiger partial charge in [0.05, 0.1) is 16.9 Å². The number of nitrogens with zero attached hydrogens (tertiary/aromatic N) is 1. The molecule has 1 aromatic carbocycles. The molecule has 6 heteroatoms. The van der Waals surface area contributed by atoms with Gasteiger partial charge in [-0.15, -0.1) is 0 Å². The zero-order valence-electron chi connectivity index (χ0n) is 15.8. The number of amides is 1. The first kappa shape index (κ1) is 17.5. The lowest BCUT2D eigenvalue weighted by Gasteiger charge is -2.58. The minimum Gasteiger partial charge on any atom is -0.390 e. The summed E-state index contributed by atoms with van der Waals surface area (Å²) in [6.07, 6.45) is 6.51. The molecular weight excluding hydrogens is 352 g/mol. The largest absolute Gasteiger partial charge is 0.390 e. The van der Waals surface area contributed by atoms with Crippen molar-refractivity contribution in [1.82, 2.24) is 4.98 Å². The average Bonchev–Trinajstić information content (AvgIpc) is 2.64. The summed E-state index contributed by atoms with van der Waals surface area (Å²) in [4.78, 5) is 16.3. The van der Waals surface area contributed by atoms with Crippen molar-refractivity contribution in [3.63, 3.8) is 0 Å². The molecule has 1 heterocycles. The van der Waals surface area contributed by atoms with E-state index in [4.69, 9.17) is 5.73 Å². The first-order valence-electron chi connectivity index (χ1n) is 10.1. The minimum atomic E-state index is -0.483. The summed E-state index contributed by atoms with van der Waals surface area (Å²) in [5.74, 6) is 1.71. The second-order valence-corrected chi connectivity index (χ2v) is 8.83. The van der Waals surface area contributed by atoms with Crippen molar-refractivity contribution < 1.29 is 9.90 Å². The normalized spacial score (nSPS) is 32.9. The van der Waals surface area contributed by atoms with E-state index in [1.54, 1.807) is 6.20 Å². The number of rotatable bonds is 5. The monoisotopic (exact) mass is 378 g/mol. The first-order valence-corrected chi connectivity index (χ1v) is 10.1. The van der Waals surface area contributed by atoms with Gasteiger partial charge in [-0.3, -0.25) is 4.79 Å². The third-order valence-corrected chi connectivity index (χ3v) is 6.78. The van der Waals surface area contributed by atoms with E-state index in [-0.39, 0.29) is 6.04 Å². The van der Waals surface area contributed by atoms with Gasteiger partial charge in [0, 0.05) is 24.0 Å². The Morgan fingerprint density at radius 2 is 1.86 bits per heavy atom. The third-order valence-electron chi connectivity index (χ3n) is 6.78. The first-order chi connectivity index (χ1) is 13.5. The smallest absolute Gasteiger partial charge is 0.252 e. The van der Waals surface area contributed by atoms with E-state index in [1.807, 2.05) is 36.4 Å². The number of aromatic nitrogens is 1. The van der Waals surface area contributed by atoms with Crippen LogP contribution in [0.2, 0.25) is 0 Å². The molecule has 0 saturated heterocycles. The highest BCUT2D eigenvalue weighted by Crippen LogP contribution is 2.56. The Kier molecular flexibility index (Phi) is 4.05. The molecule has 4 saturated carbocycles. The van der Waals surface area contributed by atoms with Gasteiger partial charge in [0.2, 0.25) is 0 Å². The fourth-order valence-electron chi connectivity index (χ4n) is 5.91. The summed E-state index contributed by atoms with van der Waals surface area (Å²) in [6.45, 7) is 0. The molecule has 1 amide bonds. The maximum atomic E-state index is 12.0. The molecule has 1 unspecified atom stereocenters. The molecular formula is C22H26N4O2. The van der Waals surface area contributed by atoms with Gasteiger partial charge in [0.15, 0.2) is 0 Å². The Bertz CT molecular complexity index is 885. The van der Waals surface area contributed by atoms with E-state index in [1.165, 1.54) is 0 Å². The topological polar surface area (TPSA) is 100 Å². The summed E-state index contributed by atoms with van der Waals surface area (Å²) in [5, 5.41) is 17.7. The summed E-state index contributed by atoms with van der Waals surface area (Å²) >= 11 is 0. The lowest BCUT2D eigenvalue weighted by Crippen LogP contribution is -2.59. The van der Waals surface area contributed by atoms with Crippen molar-refractivity contribution >= 4 is 23.1 Å². The highest BCUT2D eigenvalue weighted by Gasteiger charge is 2.54. The number of hydrogen-bond acceptors (Lipinski definition) is 5. The van der Waals surface area contributed by atoms with Gasteiger partial charge in [-0.25, -0.2) is 4.98 Å². The fourth-order valence-corrected chi connectivity index (χ4v) is 5.91. The molecule has 146 valence electrons. The number of primary amides is 1. The van der Waals surface area contributed by atoms with Crippen molar-refractivity contribution in [2.75, 3.05) is 10.6 Å². The number of para-hydroxylation sites is 1. The molecule has 5 N–H and O–H groups in total. The Hall–Kier alpha value is -2.60. The van der Waals surface area contributed by atoms with Gasteiger partial charge in [0.1, 0.15) is 5.82 Å². The maximum absolute atomic E-state index is 12.0. The van der Waals surface area contributed by atoms with Crippen molar-refractivity contribution in [2.24, 2.45) is 23.5 Å². The number of carbonyl (C=O) groups is 1. The molecule has 0 aliphatic heterocycles. The van der Waals surface area contributed by atoms with E-state index in [0.29, 0.717) is 29.1 Å². The molecule has 0 radical (unpaired) electrons. The predicted molar refractivity (Wildman–Crippen MR) is 108 cm³/mol. The lowest BCUT2D eigenvalue weighted by atomic mass is 9.52. The summed E-state index contributed by atoms with van der Waals surface area (Å²) < 4.78 is 0. The second kappa shape index (κ2) is 6.48. The standard InChI is InChI=1S/C22H26N4O2/c23-21(27)17-12-24-19(25-16-4-2-1-3-5-16)8-18(17)26-20-14-6-13-7-15(20)11-22(28,9-13)10-14/h1-5,8,12-15,20,28H,6-7,9-11H2,(H2,23,27)(H2,24,25,26)/t13?,14-,15+,20-,22-. The Morgan fingerprint density at radius 1 is 1.14 bits per heavy atom. The number of nitrogens with two attached hydrogens (primary N) is 1. The average molecular weight is 378 g/mol. The molecule has 4 fully saturated rings. The van der Waals surface area contributed by atoms with Crippen LogP contribution in [0.3, 0.4) is 0 Å². The van der Waals surface area contributed by atoms with E-state index >= 15 is 0 Å². The van der Waals surface area contributed by atoms with Crippen molar-refractivity contribution in [3.05, 3.63) is 48.2 Å². The third kappa shape index (κ3) is 3.11. The van der Waals surface area contributed by atoms with Crippen LogP contribution in [0.1, 0.15) is 42.5 Å². The molecule has 5 atom stereocenters. The molecule has 2 aromatic rings. The van der Waals surface area contributed by atoms with Crippen LogP contribution < -0.4 is 16.4 Å². The molecule has 6 nitrogen and oxygen atoms in total. The number of aliphatic hydroxyl groups is 1. The number of anilines is 3. The zero-order valence-corrected chi connectivity index (χ0v) is 15.8. The Labute approximate surface area is 164 Å². The second-order valence-electron chi connectivity index (χ2n) is 8.83. The highest BCUT2D eigenvalue weighted by atomic mass is 16.3. The van der Waals surface area contributed by atoms with Gasteiger partial charge in [-0.05, 0) is 62.0 Å². The predicted octanol–water partition coefficient (Wildman–Crippen LogP) is 3.28. The van der Waals surface area contributed by atoms with E-state index in [9.17, 15) is 9.90 Å². The highest BCUT2D eigenvalue weighted by molar-refractivity contribution is 5.98. The van der Waals surface area contributed by atoms with E-state index in [2.05, 4.69) is 15.6 Å². The van der Waals surface area contributed by atoms with Gasteiger partial charge < -0.3 is 21.5 Å². The maximum Gasteiger partial charge on any atom is 0.252 e.